The third kappa shape index (κ3) is 4.19. The molecule has 4 aromatic heterocycles. The van der Waals surface area contributed by atoms with Gasteiger partial charge in [0.25, 0.3) is 0 Å². The predicted octanol–water partition coefficient (Wildman–Crippen LogP) is 4.43. The van der Waals surface area contributed by atoms with Crippen LogP contribution in [0.4, 0.5) is 17.6 Å². The maximum atomic E-state index is 14.9. The topological polar surface area (TPSA) is 90.2 Å². The smallest absolute Gasteiger partial charge is 0.326 e. The number of benzene rings is 1. The van der Waals surface area contributed by atoms with Gasteiger partial charge < -0.3 is 5.73 Å². The van der Waals surface area contributed by atoms with E-state index in [1.807, 2.05) is 6.92 Å². The normalized spacial score (nSPS) is 17.6. The molecule has 0 saturated carbocycles. The van der Waals surface area contributed by atoms with E-state index < -0.39 is 18.0 Å². The highest BCUT2D eigenvalue weighted by Gasteiger charge is 2.46. The molecule has 1 aliphatic rings. The fourth-order valence-corrected chi connectivity index (χ4v) is 5.23. The molecule has 0 amide bonds. The SMILES string of the molecule is Cc1cc(-c2cc3nc(-c4nnc5ccc([C@@H](N6CC[C@H](N)C6)C(F)(F)F)cn45)ccc3cc2F)n(C)n1. The molecule has 2 atom stereocenters. The summed E-state index contributed by atoms with van der Waals surface area (Å²) in [6, 6.07) is 9.02. The van der Waals surface area contributed by atoms with Crippen LogP contribution in [0.3, 0.4) is 0 Å². The Balaban J connectivity index is 1.45. The van der Waals surface area contributed by atoms with Crippen molar-refractivity contribution in [3.63, 3.8) is 0 Å². The molecule has 38 heavy (non-hydrogen) atoms. The van der Waals surface area contributed by atoms with Crippen LogP contribution in [0.25, 0.3) is 39.3 Å². The summed E-state index contributed by atoms with van der Waals surface area (Å²) in [6.07, 6.45) is -2.57. The monoisotopic (exact) mass is 524 g/mol. The molecule has 6 rings (SSSR count). The molecule has 1 aliphatic heterocycles. The highest BCUT2D eigenvalue weighted by atomic mass is 19.4. The number of hydrogen-bond acceptors (Lipinski definition) is 6. The van der Waals surface area contributed by atoms with Gasteiger partial charge in [0.1, 0.15) is 17.6 Å². The summed E-state index contributed by atoms with van der Waals surface area (Å²) < 4.78 is 60.6. The number of aromatic nitrogens is 6. The lowest BCUT2D eigenvalue weighted by atomic mass is 10.1. The van der Waals surface area contributed by atoms with E-state index in [0.29, 0.717) is 39.9 Å². The Kier molecular flexibility index (Phi) is 5.69. The lowest BCUT2D eigenvalue weighted by molar-refractivity contribution is -0.183. The Labute approximate surface area is 214 Å². The number of likely N-dealkylation sites (tertiary alicyclic amines) is 1. The van der Waals surface area contributed by atoms with Crippen molar-refractivity contribution in [1.82, 2.24) is 34.3 Å². The van der Waals surface area contributed by atoms with Crippen molar-refractivity contribution < 1.29 is 17.6 Å². The van der Waals surface area contributed by atoms with E-state index in [1.54, 1.807) is 36.0 Å². The molecular formula is C26H24F4N8. The molecule has 8 nitrogen and oxygen atoms in total. The molecule has 5 heterocycles. The summed E-state index contributed by atoms with van der Waals surface area (Å²) in [5, 5.41) is 13.2. The third-order valence-electron chi connectivity index (χ3n) is 6.96. The van der Waals surface area contributed by atoms with Gasteiger partial charge in [-0.3, -0.25) is 14.0 Å². The Hall–Kier alpha value is -3.90. The zero-order valence-electron chi connectivity index (χ0n) is 20.6. The summed E-state index contributed by atoms with van der Waals surface area (Å²) in [5.74, 6) is -0.127. The number of nitrogens with two attached hydrogens (primary N) is 1. The molecule has 0 spiro atoms. The van der Waals surface area contributed by atoms with Crippen molar-refractivity contribution in [2.24, 2.45) is 12.8 Å². The zero-order chi connectivity index (χ0) is 26.8. The van der Waals surface area contributed by atoms with Crippen LogP contribution in [0.5, 0.6) is 0 Å². The van der Waals surface area contributed by atoms with Crippen molar-refractivity contribution in [3.05, 3.63) is 65.7 Å². The second kappa shape index (κ2) is 8.84. The van der Waals surface area contributed by atoms with E-state index in [-0.39, 0.29) is 30.5 Å². The van der Waals surface area contributed by atoms with Gasteiger partial charge in [0.05, 0.1) is 16.9 Å². The standard InChI is InChI=1S/C26H24F4N8/c1-14-9-22(36(2)35-14)18-11-21-15(10-19(18)27)3-5-20(32-21)25-34-33-23-6-4-16(12-38(23)25)24(26(28,29)30)37-8-7-17(31)13-37/h3-6,9-12,17,24H,7-8,13,31H2,1-2H3/t17-,24+/m0/s1. The van der Waals surface area contributed by atoms with Crippen LogP contribution >= 0.6 is 0 Å². The van der Waals surface area contributed by atoms with Gasteiger partial charge in [0.15, 0.2) is 11.5 Å². The number of nitrogens with zero attached hydrogens (tertiary/aromatic N) is 7. The summed E-state index contributed by atoms with van der Waals surface area (Å²) in [5.41, 5.74) is 8.95. The van der Waals surface area contributed by atoms with Crippen LogP contribution in [0.2, 0.25) is 0 Å². The highest BCUT2D eigenvalue weighted by Crippen LogP contribution is 2.39. The zero-order valence-corrected chi connectivity index (χ0v) is 20.6. The first kappa shape index (κ1) is 24.4. The predicted molar refractivity (Wildman–Crippen MR) is 134 cm³/mol. The van der Waals surface area contributed by atoms with Crippen molar-refractivity contribution >= 4 is 16.6 Å². The number of fused-ring (bicyclic) bond motifs is 2. The molecule has 5 aromatic rings. The molecule has 0 radical (unpaired) electrons. The number of aryl methyl sites for hydroxylation is 2. The summed E-state index contributed by atoms with van der Waals surface area (Å²) in [7, 11) is 1.74. The van der Waals surface area contributed by atoms with E-state index in [1.165, 1.54) is 33.7 Å². The van der Waals surface area contributed by atoms with Crippen LogP contribution in [-0.2, 0) is 7.05 Å². The minimum absolute atomic E-state index is 0.0666. The fraction of sp³-hybridized carbons (Fsp3) is 0.308. The van der Waals surface area contributed by atoms with Gasteiger partial charge in [0.2, 0.25) is 0 Å². The maximum absolute atomic E-state index is 14.9. The first-order valence-corrected chi connectivity index (χ1v) is 12.1. The molecule has 1 saturated heterocycles. The van der Waals surface area contributed by atoms with E-state index in [2.05, 4.69) is 20.3 Å². The molecule has 196 valence electrons. The van der Waals surface area contributed by atoms with Crippen molar-refractivity contribution in [1.29, 1.82) is 0 Å². The van der Waals surface area contributed by atoms with Gasteiger partial charge in [-0.25, -0.2) is 9.37 Å². The van der Waals surface area contributed by atoms with Crippen molar-refractivity contribution in [2.75, 3.05) is 13.1 Å². The van der Waals surface area contributed by atoms with E-state index in [4.69, 9.17) is 5.73 Å². The lowest BCUT2D eigenvalue weighted by Gasteiger charge is -2.30. The molecule has 0 bridgehead atoms. The number of rotatable bonds is 4. The third-order valence-corrected chi connectivity index (χ3v) is 6.96. The van der Waals surface area contributed by atoms with Gasteiger partial charge in [-0.15, -0.1) is 10.2 Å². The number of halogens is 4. The molecule has 1 fully saturated rings. The Morgan fingerprint density at radius 1 is 1.08 bits per heavy atom. The molecule has 1 aromatic carbocycles. The van der Waals surface area contributed by atoms with Crippen LogP contribution in [-0.4, -0.2) is 59.6 Å². The minimum Gasteiger partial charge on any atom is -0.326 e. The Morgan fingerprint density at radius 3 is 2.58 bits per heavy atom. The molecule has 2 N–H and O–H groups in total. The van der Waals surface area contributed by atoms with Crippen LogP contribution in [0.1, 0.15) is 23.7 Å². The average molecular weight is 525 g/mol. The van der Waals surface area contributed by atoms with Gasteiger partial charge >= 0.3 is 6.18 Å². The number of hydrogen-bond donors (Lipinski definition) is 1. The van der Waals surface area contributed by atoms with Crippen LogP contribution in [0, 0.1) is 12.7 Å². The van der Waals surface area contributed by atoms with Crippen molar-refractivity contribution in [3.8, 4) is 22.8 Å². The highest BCUT2D eigenvalue weighted by molar-refractivity contribution is 5.85. The first-order valence-electron chi connectivity index (χ1n) is 12.1. The average Bonchev–Trinajstić information content (AvgIpc) is 3.55. The van der Waals surface area contributed by atoms with Gasteiger partial charge in [0, 0.05) is 43.3 Å². The quantitative estimate of drug-likeness (QED) is 0.350. The second-order valence-corrected chi connectivity index (χ2v) is 9.72. The Bertz CT molecular complexity index is 1670. The summed E-state index contributed by atoms with van der Waals surface area (Å²) in [6.45, 7) is 2.25. The number of pyridine rings is 2. The van der Waals surface area contributed by atoms with E-state index in [9.17, 15) is 17.6 Å². The minimum atomic E-state index is -4.49. The number of alkyl halides is 3. The van der Waals surface area contributed by atoms with Gasteiger partial charge in [-0.05, 0) is 49.2 Å². The largest absolute Gasteiger partial charge is 0.408 e. The van der Waals surface area contributed by atoms with E-state index >= 15 is 0 Å². The second-order valence-electron chi connectivity index (χ2n) is 9.72. The fourth-order valence-electron chi connectivity index (χ4n) is 5.23. The van der Waals surface area contributed by atoms with Gasteiger partial charge in [-0.2, -0.15) is 18.3 Å². The molecule has 0 aliphatic carbocycles. The summed E-state index contributed by atoms with van der Waals surface area (Å²) in [4.78, 5) is 6.03. The molecular weight excluding hydrogens is 500 g/mol. The van der Waals surface area contributed by atoms with Gasteiger partial charge in [-0.1, -0.05) is 12.1 Å². The van der Waals surface area contributed by atoms with E-state index in [0.717, 1.165) is 5.69 Å². The molecule has 0 unspecified atom stereocenters. The summed E-state index contributed by atoms with van der Waals surface area (Å²) >= 11 is 0. The van der Waals surface area contributed by atoms with Crippen LogP contribution < -0.4 is 5.73 Å². The molecule has 12 heteroatoms. The first-order chi connectivity index (χ1) is 18.1. The van der Waals surface area contributed by atoms with Crippen LogP contribution in [0.15, 0.2) is 48.7 Å². The Morgan fingerprint density at radius 2 is 1.89 bits per heavy atom. The lowest BCUT2D eigenvalue weighted by Crippen LogP contribution is -2.38. The van der Waals surface area contributed by atoms with Crippen molar-refractivity contribution in [2.45, 2.75) is 31.6 Å². The maximum Gasteiger partial charge on any atom is 0.408 e.